The van der Waals surface area contributed by atoms with E-state index in [4.69, 9.17) is 14.2 Å². The summed E-state index contributed by atoms with van der Waals surface area (Å²) >= 11 is 0. The Morgan fingerprint density at radius 1 is 1.11 bits per heavy atom. The zero-order valence-corrected chi connectivity index (χ0v) is 16.9. The first-order chi connectivity index (χ1) is 13.4. The van der Waals surface area contributed by atoms with Crippen LogP contribution in [0.25, 0.3) is 0 Å². The minimum absolute atomic E-state index is 0.0677. The molecule has 1 atom stereocenters. The van der Waals surface area contributed by atoms with Crippen LogP contribution in [0.5, 0.6) is 17.2 Å². The highest BCUT2D eigenvalue weighted by Crippen LogP contribution is 2.42. The van der Waals surface area contributed by atoms with Crippen molar-refractivity contribution in [3.05, 3.63) is 29.0 Å². The van der Waals surface area contributed by atoms with Gasteiger partial charge in [0.2, 0.25) is 5.75 Å². The molecule has 1 aromatic rings. The first-order valence-electron chi connectivity index (χ1n) is 9.29. The maximum Gasteiger partial charge on any atom is 0.319 e. The van der Waals surface area contributed by atoms with Crippen LogP contribution in [-0.4, -0.2) is 51.3 Å². The monoisotopic (exact) mass is 389 g/mol. The topological polar surface area (TPSA) is 89.1 Å². The highest BCUT2D eigenvalue weighted by atomic mass is 16.5. The number of hydrogen-bond donors (Lipinski definition) is 2. The van der Waals surface area contributed by atoms with Crippen molar-refractivity contribution in [2.45, 2.75) is 26.3 Å². The van der Waals surface area contributed by atoms with E-state index in [0.29, 0.717) is 53.1 Å². The number of hydrogen-bond acceptors (Lipinski definition) is 5. The predicted molar refractivity (Wildman–Crippen MR) is 104 cm³/mol. The predicted octanol–water partition coefficient (Wildman–Crippen LogP) is 2.21. The van der Waals surface area contributed by atoms with Gasteiger partial charge in [0.1, 0.15) is 0 Å². The molecule has 3 amide bonds. The smallest absolute Gasteiger partial charge is 0.319 e. The lowest BCUT2D eigenvalue weighted by Gasteiger charge is -2.26. The summed E-state index contributed by atoms with van der Waals surface area (Å²) in [5.74, 6) is 1.81. The van der Waals surface area contributed by atoms with E-state index in [0.717, 1.165) is 6.42 Å². The summed E-state index contributed by atoms with van der Waals surface area (Å²) in [7, 11) is 4.59. The van der Waals surface area contributed by atoms with Gasteiger partial charge >= 0.3 is 6.03 Å². The van der Waals surface area contributed by atoms with Gasteiger partial charge in [0.15, 0.2) is 11.5 Å². The van der Waals surface area contributed by atoms with E-state index in [2.05, 4.69) is 24.5 Å². The van der Waals surface area contributed by atoms with Crippen molar-refractivity contribution in [2.24, 2.45) is 5.92 Å². The minimum Gasteiger partial charge on any atom is -0.493 e. The summed E-state index contributed by atoms with van der Waals surface area (Å²) in [6.07, 6.45) is 0.905. The average molecular weight is 389 g/mol. The van der Waals surface area contributed by atoms with Crippen LogP contribution in [0.15, 0.2) is 23.4 Å². The molecule has 2 heterocycles. The molecule has 8 nitrogen and oxygen atoms in total. The zero-order valence-electron chi connectivity index (χ0n) is 16.9. The van der Waals surface area contributed by atoms with Gasteiger partial charge < -0.3 is 29.7 Å². The molecule has 152 valence electrons. The maximum atomic E-state index is 13.1. The van der Waals surface area contributed by atoms with Gasteiger partial charge in [-0.1, -0.05) is 13.8 Å². The summed E-state index contributed by atoms with van der Waals surface area (Å²) in [4.78, 5) is 27.1. The molecule has 0 spiro atoms. The summed E-state index contributed by atoms with van der Waals surface area (Å²) in [6, 6.07) is 2.59. The molecule has 8 heteroatoms. The van der Waals surface area contributed by atoms with Gasteiger partial charge in [-0.3, -0.25) is 4.79 Å². The Balaban J connectivity index is 1.98. The fourth-order valence-electron chi connectivity index (χ4n) is 3.54. The number of methoxy groups -OCH3 is 3. The lowest BCUT2D eigenvalue weighted by molar-refractivity contribution is -0.125. The van der Waals surface area contributed by atoms with E-state index in [9.17, 15) is 9.59 Å². The fourth-order valence-corrected chi connectivity index (χ4v) is 3.54. The lowest BCUT2D eigenvalue weighted by Crippen LogP contribution is -2.44. The molecule has 0 saturated heterocycles. The molecule has 28 heavy (non-hydrogen) atoms. The summed E-state index contributed by atoms with van der Waals surface area (Å²) < 4.78 is 16.2. The van der Waals surface area contributed by atoms with E-state index < -0.39 is 6.04 Å². The van der Waals surface area contributed by atoms with Gasteiger partial charge in [-0.25, -0.2) is 4.79 Å². The molecule has 2 N–H and O–H groups in total. The number of nitrogens with zero attached hydrogens (tertiary/aromatic N) is 1. The number of carbonyl (C=O) groups is 2. The molecule has 0 saturated carbocycles. The molecule has 1 unspecified atom stereocenters. The molecule has 0 fully saturated rings. The number of benzene rings is 1. The summed E-state index contributed by atoms with van der Waals surface area (Å²) in [6.45, 7) is 5.31. The number of carbonyl (C=O) groups excluding carboxylic acids is 2. The molecule has 0 aliphatic carbocycles. The second-order valence-corrected chi connectivity index (χ2v) is 7.29. The van der Waals surface area contributed by atoms with E-state index >= 15 is 0 Å². The number of urea groups is 1. The zero-order chi connectivity index (χ0) is 20.4. The normalized spacial score (nSPS) is 18.8. The highest BCUT2D eigenvalue weighted by Gasteiger charge is 2.40. The van der Waals surface area contributed by atoms with Crippen LogP contribution >= 0.6 is 0 Å². The summed E-state index contributed by atoms with van der Waals surface area (Å²) in [5.41, 5.74) is 1.89. The van der Waals surface area contributed by atoms with E-state index in [1.165, 1.54) is 21.3 Å². The van der Waals surface area contributed by atoms with Crippen molar-refractivity contribution in [1.82, 2.24) is 15.5 Å². The third-order valence-electron chi connectivity index (χ3n) is 5.02. The molecule has 0 aromatic heterocycles. The van der Waals surface area contributed by atoms with Crippen LogP contribution in [0.4, 0.5) is 4.79 Å². The van der Waals surface area contributed by atoms with Gasteiger partial charge in [-0.15, -0.1) is 0 Å². The van der Waals surface area contributed by atoms with Gasteiger partial charge in [0.25, 0.3) is 5.91 Å². The van der Waals surface area contributed by atoms with Crippen LogP contribution in [0.1, 0.15) is 31.9 Å². The van der Waals surface area contributed by atoms with Crippen molar-refractivity contribution < 1.29 is 23.8 Å². The van der Waals surface area contributed by atoms with Crippen LogP contribution in [-0.2, 0) is 4.79 Å². The van der Waals surface area contributed by atoms with Crippen LogP contribution in [0.3, 0.4) is 0 Å². The van der Waals surface area contributed by atoms with Crippen LogP contribution in [0.2, 0.25) is 0 Å². The third kappa shape index (κ3) is 3.58. The van der Waals surface area contributed by atoms with E-state index in [1.54, 1.807) is 17.0 Å². The molecule has 0 radical (unpaired) electrons. The minimum atomic E-state index is -0.589. The average Bonchev–Trinajstić information content (AvgIpc) is 2.99. The third-order valence-corrected chi connectivity index (χ3v) is 5.02. The Kier molecular flexibility index (Phi) is 5.67. The molecular formula is C20H27N3O5. The Bertz CT molecular complexity index is 793. The lowest BCUT2D eigenvalue weighted by atomic mass is 9.95. The first-order valence-corrected chi connectivity index (χ1v) is 9.29. The number of ether oxygens (including phenoxy) is 3. The molecule has 2 aliphatic rings. The standard InChI is InChI=1S/C20H27N3O5/c1-11(2)6-7-23-10-13-16(19(23)24)17(22-20(25)21-13)12-8-14(26-3)18(28-5)15(9-12)27-4/h8-9,11,17H,6-7,10H2,1-5H3,(H2,21,22,25). The molecule has 3 rings (SSSR count). The SMILES string of the molecule is COc1cc(C2NC(=O)NC3=C2C(=O)N(CCC(C)C)C3)cc(OC)c1OC. The van der Waals surface area contributed by atoms with E-state index in [-0.39, 0.29) is 11.9 Å². The van der Waals surface area contributed by atoms with E-state index in [1.807, 2.05) is 0 Å². The number of nitrogens with one attached hydrogen (secondary N) is 2. The summed E-state index contributed by atoms with van der Waals surface area (Å²) in [5, 5.41) is 5.64. The second-order valence-electron chi connectivity index (χ2n) is 7.29. The van der Waals surface area contributed by atoms with Gasteiger partial charge in [-0.2, -0.15) is 0 Å². The van der Waals surface area contributed by atoms with Gasteiger partial charge in [0, 0.05) is 6.54 Å². The number of amides is 3. The van der Waals surface area contributed by atoms with Crippen molar-refractivity contribution in [3.8, 4) is 17.2 Å². The van der Waals surface area contributed by atoms with Gasteiger partial charge in [-0.05, 0) is 30.0 Å². The maximum absolute atomic E-state index is 13.1. The van der Waals surface area contributed by atoms with Crippen molar-refractivity contribution in [1.29, 1.82) is 0 Å². The molecule has 1 aromatic carbocycles. The Morgan fingerprint density at radius 2 is 1.75 bits per heavy atom. The quantitative estimate of drug-likeness (QED) is 0.746. The molecule has 2 aliphatic heterocycles. The van der Waals surface area contributed by atoms with Crippen LogP contribution in [0, 0.1) is 5.92 Å². The Morgan fingerprint density at radius 3 is 2.29 bits per heavy atom. The Labute approximate surface area is 164 Å². The molecular weight excluding hydrogens is 362 g/mol. The molecule has 0 bridgehead atoms. The van der Waals surface area contributed by atoms with Crippen LogP contribution < -0.4 is 24.8 Å². The van der Waals surface area contributed by atoms with Crippen molar-refractivity contribution >= 4 is 11.9 Å². The second kappa shape index (κ2) is 8.00. The number of rotatable bonds is 7. The van der Waals surface area contributed by atoms with Crippen molar-refractivity contribution in [3.63, 3.8) is 0 Å². The highest BCUT2D eigenvalue weighted by molar-refractivity contribution is 6.01. The van der Waals surface area contributed by atoms with Crippen molar-refractivity contribution in [2.75, 3.05) is 34.4 Å². The largest absolute Gasteiger partial charge is 0.493 e. The first kappa shape index (κ1) is 19.9. The Hall–Kier alpha value is -2.90. The fraction of sp³-hybridized carbons (Fsp3) is 0.500. The van der Waals surface area contributed by atoms with Gasteiger partial charge in [0.05, 0.1) is 45.2 Å².